The molecule has 4 atom stereocenters. The minimum Gasteiger partial charge on any atom is -0.412 e. The van der Waals surface area contributed by atoms with E-state index in [0.717, 1.165) is 37.5 Å². The van der Waals surface area contributed by atoms with Gasteiger partial charge >= 0.3 is 0 Å². The van der Waals surface area contributed by atoms with Crippen molar-refractivity contribution in [2.24, 2.45) is 23.2 Å². The van der Waals surface area contributed by atoms with E-state index in [1.807, 2.05) is 0 Å². The average Bonchev–Trinajstić information content (AvgIpc) is 2.98. The van der Waals surface area contributed by atoms with Crippen molar-refractivity contribution in [3.63, 3.8) is 0 Å². The fraction of sp³-hybridized carbons (Fsp3) is 0.958. The van der Waals surface area contributed by atoms with Crippen LogP contribution in [0.4, 0.5) is 0 Å². The number of carbonyl (C=O) groups excluding carboxylic acids is 1. The Kier molecular flexibility index (Phi) is 7.81. The van der Waals surface area contributed by atoms with Crippen molar-refractivity contribution in [2.45, 2.75) is 124 Å². The smallest absolute Gasteiger partial charge is 0.192 e. The molecule has 3 heteroatoms. The molecule has 2 nitrogen and oxygen atoms in total. The van der Waals surface area contributed by atoms with Crippen LogP contribution in [0, 0.1) is 23.2 Å². The summed E-state index contributed by atoms with van der Waals surface area (Å²) in [6.45, 7) is 16.5. The third-order valence-corrected chi connectivity index (χ3v) is 13.3. The van der Waals surface area contributed by atoms with Crippen molar-refractivity contribution >= 4 is 14.1 Å². The summed E-state index contributed by atoms with van der Waals surface area (Å²) < 4.78 is 6.79. The first kappa shape index (κ1) is 23.1. The number of carbonyl (C=O) groups is 1. The molecule has 2 saturated carbocycles. The van der Waals surface area contributed by atoms with Gasteiger partial charge in [-0.05, 0) is 81.3 Å². The molecule has 158 valence electrons. The molecular formula is C24H46O2Si. The fourth-order valence-electron chi connectivity index (χ4n) is 6.56. The average molecular weight is 395 g/mol. The van der Waals surface area contributed by atoms with E-state index in [0.29, 0.717) is 11.7 Å². The Morgan fingerprint density at radius 2 is 1.81 bits per heavy atom. The lowest BCUT2D eigenvalue weighted by Crippen LogP contribution is -2.44. The van der Waals surface area contributed by atoms with E-state index < -0.39 is 8.32 Å². The van der Waals surface area contributed by atoms with Crippen molar-refractivity contribution in [2.75, 3.05) is 0 Å². The first-order valence-electron chi connectivity index (χ1n) is 11.9. The van der Waals surface area contributed by atoms with Crippen LogP contribution in [0.5, 0.6) is 0 Å². The van der Waals surface area contributed by atoms with Gasteiger partial charge in [-0.3, -0.25) is 4.79 Å². The predicted molar refractivity (Wildman–Crippen MR) is 119 cm³/mol. The van der Waals surface area contributed by atoms with Gasteiger partial charge in [0.25, 0.3) is 0 Å². The summed E-state index contributed by atoms with van der Waals surface area (Å²) in [6.07, 6.45) is 9.34. The second-order valence-electron chi connectivity index (χ2n) is 10.5. The van der Waals surface area contributed by atoms with E-state index >= 15 is 0 Å². The highest BCUT2D eigenvalue weighted by molar-refractivity contribution is 6.73. The van der Waals surface area contributed by atoms with Crippen molar-refractivity contribution in [1.29, 1.82) is 0 Å². The van der Waals surface area contributed by atoms with E-state index in [-0.39, 0.29) is 11.0 Å². The topological polar surface area (TPSA) is 26.3 Å². The maximum absolute atomic E-state index is 12.4. The van der Waals surface area contributed by atoms with Gasteiger partial charge < -0.3 is 4.43 Å². The van der Waals surface area contributed by atoms with Crippen LogP contribution in [0.15, 0.2) is 0 Å². The highest BCUT2D eigenvalue weighted by Gasteiger charge is 2.52. The van der Waals surface area contributed by atoms with Crippen molar-refractivity contribution in [3.8, 4) is 0 Å². The molecule has 2 aliphatic carbocycles. The Morgan fingerprint density at radius 3 is 2.41 bits per heavy atom. The van der Waals surface area contributed by atoms with Crippen LogP contribution in [0.2, 0.25) is 18.1 Å². The first-order valence-corrected chi connectivity index (χ1v) is 14.4. The lowest BCUT2D eigenvalue weighted by Gasteiger charge is -2.42. The second-order valence-corrected chi connectivity index (χ2v) is 15.2. The highest BCUT2D eigenvalue weighted by atomic mass is 28.4. The van der Waals surface area contributed by atoms with E-state index in [9.17, 15) is 4.79 Å². The Morgan fingerprint density at radius 1 is 1.19 bits per heavy atom. The molecule has 0 aromatic carbocycles. The zero-order valence-electron chi connectivity index (χ0n) is 19.3. The second kappa shape index (κ2) is 9.11. The molecule has 0 heterocycles. The summed E-state index contributed by atoms with van der Waals surface area (Å²) in [6, 6.07) is 3.70. The summed E-state index contributed by atoms with van der Waals surface area (Å²) in [5.74, 6) is 2.40. The highest BCUT2D eigenvalue weighted by Crippen LogP contribution is 2.57. The summed E-state index contributed by atoms with van der Waals surface area (Å²) in [5, 5.41) is 0. The molecular weight excluding hydrogens is 348 g/mol. The van der Waals surface area contributed by atoms with Gasteiger partial charge in [-0.1, -0.05) is 47.5 Å². The van der Waals surface area contributed by atoms with Crippen molar-refractivity contribution in [1.82, 2.24) is 0 Å². The standard InChI is InChI=1S/C24H46O2Si/c1-8-27(9-2,10-3)26-23(5,6)17-11-13-19(4)20-15-16-21-22(25)14-12-18-24(20,21)7/h19-21H,8-18H2,1-7H3/t19-,20?,21+,24-/m1/s1. The molecule has 0 saturated heterocycles. The largest absolute Gasteiger partial charge is 0.412 e. The minimum atomic E-state index is -1.54. The summed E-state index contributed by atoms with van der Waals surface area (Å²) >= 11 is 0. The van der Waals surface area contributed by atoms with Crippen LogP contribution in [0.1, 0.15) is 99.8 Å². The van der Waals surface area contributed by atoms with Gasteiger partial charge in [0.2, 0.25) is 0 Å². The zero-order valence-corrected chi connectivity index (χ0v) is 20.3. The molecule has 2 rings (SSSR count). The van der Waals surface area contributed by atoms with Crippen molar-refractivity contribution < 1.29 is 9.22 Å². The van der Waals surface area contributed by atoms with Crippen LogP contribution in [-0.4, -0.2) is 19.7 Å². The Bertz CT molecular complexity index is 488. The van der Waals surface area contributed by atoms with E-state index in [1.54, 1.807) is 0 Å². The number of ketones is 1. The Balaban J connectivity index is 1.88. The molecule has 0 radical (unpaired) electrons. The molecule has 0 aliphatic heterocycles. The van der Waals surface area contributed by atoms with Gasteiger partial charge in [0, 0.05) is 12.3 Å². The Hall–Kier alpha value is -0.153. The maximum atomic E-state index is 12.4. The lowest BCUT2D eigenvalue weighted by molar-refractivity contribution is -0.130. The molecule has 2 aliphatic rings. The van der Waals surface area contributed by atoms with Crippen LogP contribution in [0.3, 0.4) is 0 Å². The van der Waals surface area contributed by atoms with Gasteiger partial charge in [0.15, 0.2) is 8.32 Å². The van der Waals surface area contributed by atoms with Crippen molar-refractivity contribution in [3.05, 3.63) is 0 Å². The number of hydrogen-bond acceptors (Lipinski definition) is 2. The monoisotopic (exact) mass is 394 g/mol. The van der Waals surface area contributed by atoms with Gasteiger partial charge in [-0.25, -0.2) is 0 Å². The molecule has 0 N–H and O–H groups in total. The number of rotatable bonds is 10. The van der Waals surface area contributed by atoms with Gasteiger partial charge in [-0.2, -0.15) is 0 Å². The fourth-order valence-corrected chi connectivity index (χ4v) is 9.77. The zero-order chi connectivity index (χ0) is 20.3. The third-order valence-electron chi connectivity index (χ3n) is 8.49. The molecule has 0 bridgehead atoms. The molecule has 0 aromatic rings. The third kappa shape index (κ3) is 5.07. The van der Waals surface area contributed by atoms with Gasteiger partial charge in [0.05, 0.1) is 5.60 Å². The van der Waals surface area contributed by atoms with Gasteiger partial charge in [-0.15, -0.1) is 0 Å². The molecule has 1 unspecified atom stereocenters. The molecule has 0 spiro atoms. The number of hydrogen-bond donors (Lipinski definition) is 0. The summed E-state index contributed by atoms with van der Waals surface area (Å²) in [7, 11) is -1.54. The summed E-state index contributed by atoms with van der Waals surface area (Å²) in [5.41, 5.74) is 0.298. The number of fused-ring (bicyclic) bond motifs is 1. The SMILES string of the molecule is CC[Si](CC)(CC)OC(C)(C)CCC[C@@H](C)C1CC[C@H]2C(=O)CCC[C@]12C. The van der Waals surface area contributed by atoms with Gasteiger partial charge in [0.1, 0.15) is 5.78 Å². The quantitative estimate of drug-likeness (QED) is 0.361. The molecule has 2 fully saturated rings. The Labute approximate surface area is 170 Å². The van der Waals surface area contributed by atoms with E-state index in [4.69, 9.17) is 4.43 Å². The normalized spacial score (nSPS) is 30.4. The maximum Gasteiger partial charge on any atom is 0.192 e. The van der Waals surface area contributed by atoms with Crippen LogP contribution < -0.4 is 0 Å². The lowest BCUT2D eigenvalue weighted by atomic mass is 9.62. The van der Waals surface area contributed by atoms with E-state index in [1.165, 1.54) is 43.8 Å². The van der Waals surface area contributed by atoms with Crippen LogP contribution >= 0.6 is 0 Å². The molecule has 0 aromatic heterocycles. The first-order chi connectivity index (χ1) is 12.6. The van der Waals surface area contributed by atoms with Crippen LogP contribution in [-0.2, 0) is 9.22 Å². The van der Waals surface area contributed by atoms with Crippen LogP contribution in [0.25, 0.3) is 0 Å². The summed E-state index contributed by atoms with van der Waals surface area (Å²) in [4.78, 5) is 12.4. The molecule has 27 heavy (non-hydrogen) atoms. The molecule has 0 amide bonds. The van der Waals surface area contributed by atoms with E-state index in [2.05, 4.69) is 48.5 Å². The number of Topliss-reactive ketones (excluding diaryl/α,β-unsaturated/α-hetero) is 1. The predicted octanol–water partition coefficient (Wildman–Crippen LogP) is 7.38. The minimum absolute atomic E-state index is 0.0108.